The van der Waals surface area contributed by atoms with Crippen molar-refractivity contribution in [3.8, 4) is 11.6 Å². The van der Waals surface area contributed by atoms with Gasteiger partial charge in [0.25, 0.3) is 0 Å². The molecule has 1 N–H and O–H groups in total. The third-order valence-corrected chi connectivity index (χ3v) is 2.33. The summed E-state index contributed by atoms with van der Waals surface area (Å²) < 4.78 is 6.77. The van der Waals surface area contributed by atoms with Gasteiger partial charge in [-0.05, 0) is 12.6 Å². The minimum absolute atomic E-state index is 0.585. The lowest BCUT2D eigenvalue weighted by molar-refractivity contribution is 0.397. The van der Waals surface area contributed by atoms with Gasteiger partial charge in [-0.3, -0.25) is 0 Å². The fourth-order valence-electron chi connectivity index (χ4n) is 1.46. The fourth-order valence-corrected chi connectivity index (χ4v) is 1.46. The number of pyridine rings is 1. The molecule has 0 spiro atoms. The summed E-state index contributed by atoms with van der Waals surface area (Å²) in [6.45, 7) is 3.63. The summed E-state index contributed by atoms with van der Waals surface area (Å²) in [6.07, 6.45) is 3.25. The lowest BCUT2D eigenvalue weighted by atomic mass is 10.4. The summed E-state index contributed by atoms with van der Waals surface area (Å²) >= 11 is 0. The molecule has 2 heterocycles. The smallest absolute Gasteiger partial charge is 0.213 e. The molecule has 0 aliphatic heterocycles. The summed E-state index contributed by atoms with van der Waals surface area (Å²) in [5, 5.41) is 7.39. The van der Waals surface area contributed by atoms with Crippen LogP contribution in [0.1, 0.15) is 12.7 Å². The van der Waals surface area contributed by atoms with E-state index in [9.17, 15) is 0 Å². The Hall–Kier alpha value is -1.95. The zero-order valence-electron chi connectivity index (χ0n) is 9.92. The first kappa shape index (κ1) is 11.5. The average Bonchev–Trinajstić information content (AvgIpc) is 2.84. The van der Waals surface area contributed by atoms with Crippen LogP contribution in [0.2, 0.25) is 0 Å². The molecule has 0 aliphatic carbocycles. The predicted octanol–water partition coefficient (Wildman–Crippen LogP) is 0.780. The van der Waals surface area contributed by atoms with Crippen molar-refractivity contribution in [2.24, 2.45) is 0 Å². The molecule has 0 atom stereocenters. The minimum Gasteiger partial charge on any atom is -0.481 e. The molecular weight excluding hydrogens is 218 g/mol. The number of methoxy groups -OCH3 is 1. The van der Waals surface area contributed by atoms with E-state index in [0.717, 1.165) is 18.1 Å². The zero-order valence-corrected chi connectivity index (χ0v) is 9.92. The standard InChI is InChI=1S/C11H15N5O/c1-3-12-7-10-14-8-15-16(10)9-4-5-11(17-2)13-6-9/h4-6,8,12H,3,7H2,1-2H3. The van der Waals surface area contributed by atoms with E-state index in [1.54, 1.807) is 24.1 Å². The van der Waals surface area contributed by atoms with Crippen molar-refractivity contribution in [1.29, 1.82) is 0 Å². The zero-order chi connectivity index (χ0) is 12.1. The Morgan fingerprint density at radius 2 is 2.24 bits per heavy atom. The Labute approximate surface area is 99.7 Å². The number of hydrogen-bond donors (Lipinski definition) is 1. The van der Waals surface area contributed by atoms with Crippen LogP contribution in [0, 0.1) is 0 Å². The molecule has 2 aromatic heterocycles. The van der Waals surface area contributed by atoms with Gasteiger partial charge in [-0.15, -0.1) is 0 Å². The molecule has 6 nitrogen and oxygen atoms in total. The quantitative estimate of drug-likeness (QED) is 0.826. The third-order valence-electron chi connectivity index (χ3n) is 2.33. The lowest BCUT2D eigenvalue weighted by Gasteiger charge is -2.06. The van der Waals surface area contributed by atoms with Crippen LogP contribution in [-0.2, 0) is 6.54 Å². The highest BCUT2D eigenvalue weighted by Gasteiger charge is 2.06. The first-order valence-corrected chi connectivity index (χ1v) is 5.45. The Morgan fingerprint density at radius 1 is 1.35 bits per heavy atom. The van der Waals surface area contributed by atoms with E-state index in [1.807, 2.05) is 6.07 Å². The van der Waals surface area contributed by atoms with E-state index in [0.29, 0.717) is 12.4 Å². The van der Waals surface area contributed by atoms with Gasteiger partial charge in [0.15, 0.2) is 0 Å². The van der Waals surface area contributed by atoms with E-state index in [1.165, 1.54) is 6.33 Å². The van der Waals surface area contributed by atoms with E-state index < -0.39 is 0 Å². The Bertz CT molecular complexity index is 465. The van der Waals surface area contributed by atoms with Gasteiger partial charge in [-0.1, -0.05) is 6.92 Å². The van der Waals surface area contributed by atoms with Gasteiger partial charge in [0.1, 0.15) is 12.2 Å². The highest BCUT2D eigenvalue weighted by atomic mass is 16.5. The lowest BCUT2D eigenvalue weighted by Crippen LogP contribution is -2.16. The average molecular weight is 233 g/mol. The van der Waals surface area contributed by atoms with Gasteiger partial charge in [-0.2, -0.15) is 5.10 Å². The first-order valence-electron chi connectivity index (χ1n) is 5.45. The van der Waals surface area contributed by atoms with Crippen LogP contribution in [0.25, 0.3) is 5.69 Å². The van der Waals surface area contributed by atoms with E-state index in [-0.39, 0.29) is 0 Å². The van der Waals surface area contributed by atoms with E-state index in [4.69, 9.17) is 4.74 Å². The van der Waals surface area contributed by atoms with E-state index in [2.05, 4.69) is 27.3 Å². The van der Waals surface area contributed by atoms with Crippen LogP contribution in [0.5, 0.6) is 5.88 Å². The van der Waals surface area contributed by atoms with Crippen molar-refractivity contribution < 1.29 is 4.74 Å². The van der Waals surface area contributed by atoms with Crippen LogP contribution in [0.4, 0.5) is 0 Å². The fraction of sp³-hybridized carbons (Fsp3) is 0.364. The van der Waals surface area contributed by atoms with Crippen molar-refractivity contribution in [1.82, 2.24) is 25.1 Å². The van der Waals surface area contributed by atoms with Crippen LogP contribution < -0.4 is 10.1 Å². The summed E-state index contributed by atoms with van der Waals surface area (Å²) in [7, 11) is 1.59. The molecule has 6 heteroatoms. The predicted molar refractivity (Wildman–Crippen MR) is 63.1 cm³/mol. The topological polar surface area (TPSA) is 64.9 Å². The second-order valence-corrected chi connectivity index (χ2v) is 3.43. The SMILES string of the molecule is CCNCc1ncnn1-c1ccc(OC)nc1. The molecule has 90 valence electrons. The van der Waals surface area contributed by atoms with Gasteiger partial charge in [0.2, 0.25) is 5.88 Å². The molecule has 0 aliphatic rings. The molecular formula is C11H15N5O. The summed E-state index contributed by atoms with van der Waals surface area (Å²) in [5.41, 5.74) is 0.871. The number of nitrogens with one attached hydrogen (secondary N) is 1. The normalized spacial score (nSPS) is 10.5. The number of nitrogens with zero attached hydrogens (tertiary/aromatic N) is 4. The number of aromatic nitrogens is 4. The maximum atomic E-state index is 5.01. The second-order valence-electron chi connectivity index (χ2n) is 3.43. The van der Waals surface area contributed by atoms with Gasteiger partial charge < -0.3 is 10.1 Å². The first-order chi connectivity index (χ1) is 8.35. The van der Waals surface area contributed by atoms with Gasteiger partial charge in [-0.25, -0.2) is 14.6 Å². The molecule has 0 fully saturated rings. The van der Waals surface area contributed by atoms with Crippen LogP contribution >= 0.6 is 0 Å². The van der Waals surface area contributed by atoms with E-state index >= 15 is 0 Å². The summed E-state index contributed by atoms with van der Waals surface area (Å²) in [5.74, 6) is 1.45. The highest BCUT2D eigenvalue weighted by Crippen LogP contribution is 2.11. The van der Waals surface area contributed by atoms with Crippen molar-refractivity contribution in [2.75, 3.05) is 13.7 Å². The number of rotatable bonds is 5. The number of ether oxygens (including phenoxy) is 1. The van der Waals surface area contributed by atoms with Gasteiger partial charge >= 0.3 is 0 Å². The largest absolute Gasteiger partial charge is 0.481 e. The summed E-state index contributed by atoms with van der Waals surface area (Å²) in [4.78, 5) is 8.35. The third kappa shape index (κ3) is 2.59. The van der Waals surface area contributed by atoms with Gasteiger partial charge in [0.05, 0.1) is 25.5 Å². The molecule has 2 aromatic rings. The summed E-state index contributed by atoms with van der Waals surface area (Å²) in [6, 6.07) is 3.70. The minimum atomic E-state index is 0.585. The number of hydrogen-bond acceptors (Lipinski definition) is 5. The maximum absolute atomic E-state index is 5.01. The molecule has 0 radical (unpaired) electrons. The molecule has 0 saturated heterocycles. The monoisotopic (exact) mass is 233 g/mol. The van der Waals surface area contributed by atoms with Crippen LogP contribution in [0.3, 0.4) is 0 Å². The Kier molecular flexibility index (Phi) is 3.66. The molecule has 0 bridgehead atoms. The molecule has 0 aromatic carbocycles. The van der Waals surface area contributed by atoms with Crippen molar-refractivity contribution >= 4 is 0 Å². The molecule has 0 amide bonds. The second kappa shape index (κ2) is 5.40. The van der Waals surface area contributed by atoms with Gasteiger partial charge in [0, 0.05) is 6.07 Å². The molecule has 2 rings (SSSR count). The molecule has 0 saturated carbocycles. The van der Waals surface area contributed by atoms with Crippen molar-refractivity contribution in [2.45, 2.75) is 13.5 Å². The molecule has 17 heavy (non-hydrogen) atoms. The van der Waals surface area contributed by atoms with Crippen LogP contribution in [-0.4, -0.2) is 33.4 Å². The van der Waals surface area contributed by atoms with Crippen LogP contribution in [0.15, 0.2) is 24.7 Å². The highest BCUT2D eigenvalue weighted by molar-refractivity contribution is 5.31. The molecule has 0 unspecified atom stereocenters. The van der Waals surface area contributed by atoms with Crippen molar-refractivity contribution in [3.05, 3.63) is 30.5 Å². The Morgan fingerprint density at radius 3 is 2.88 bits per heavy atom. The van der Waals surface area contributed by atoms with Crippen molar-refractivity contribution in [3.63, 3.8) is 0 Å². The Balaban J connectivity index is 2.23. The maximum Gasteiger partial charge on any atom is 0.213 e.